The molecule has 2 N–H and O–H groups in total. The number of aromatic nitrogens is 5. The molecule has 0 bridgehead atoms. The largest absolute Gasteiger partial charge is 0.376 e. The van der Waals surface area contributed by atoms with E-state index < -0.39 is 0 Å². The second-order valence-corrected chi connectivity index (χ2v) is 3.75. The average molecular weight is 240 g/mol. The van der Waals surface area contributed by atoms with Gasteiger partial charge in [-0.25, -0.2) is 14.6 Å². The lowest BCUT2D eigenvalue weighted by molar-refractivity contribution is 0.875. The van der Waals surface area contributed by atoms with E-state index >= 15 is 0 Å². The van der Waals surface area contributed by atoms with Gasteiger partial charge >= 0.3 is 0 Å². The third-order valence-electron chi connectivity index (χ3n) is 2.57. The van der Waals surface area contributed by atoms with E-state index in [0.29, 0.717) is 6.54 Å². The minimum absolute atomic E-state index is 0.638. The van der Waals surface area contributed by atoms with Crippen molar-refractivity contribution in [2.24, 2.45) is 0 Å². The number of H-pyrrole nitrogens is 1. The molecule has 18 heavy (non-hydrogen) atoms. The van der Waals surface area contributed by atoms with Gasteiger partial charge in [-0.05, 0) is 12.1 Å². The molecule has 0 aliphatic rings. The Bertz CT molecular complexity index is 599. The minimum Gasteiger partial charge on any atom is -0.376 e. The highest BCUT2D eigenvalue weighted by Gasteiger charge is 2.04. The molecular weight excluding hydrogens is 228 g/mol. The van der Waals surface area contributed by atoms with Gasteiger partial charge in [0.05, 0.1) is 17.9 Å². The fourth-order valence-electron chi connectivity index (χ4n) is 1.73. The van der Waals surface area contributed by atoms with Gasteiger partial charge in [-0.2, -0.15) is 5.10 Å². The van der Waals surface area contributed by atoms with E-state index in [0.717, 1.165) is 17.2 Å². The molecular formula is C12H12N6. The van der Waals surface area contributed by atoms with Crippen molar-refractivity contribution in [3.63, 3.8) is 0 Å². The smallest absolute Gasteiger partial charge is 0.138 e. The Hall–Kier alpha value is -2.63. The van der Waals surface area contributed by atoms with Crippen LogP contribution in [-0.4, -0.2) is 24.7 Å². The number of benzene rings is 1. The zero-order chi connectivity index (χ0) is 12.2. The number of imidazole rings is 1. The molecule has 2 aromatic heterocycles. The van der Waals surface area contributed by atoms with E-state index in [1.54, 1.807) is 23.4 Å². The van der Waals surface area contributed by atoms with Gasteiger partial charge < -0.3 is 10.3 Å². The number of aromatic amines is 1. The maximum atomic E-state index is 4.17. The standard InChI is InChI=1S/C12H12N6/c1-2-4-11(18-9-13-8-17-18)10(3-1)16-7-12-14-5-6-15-12/h1-6,8-9,16H,7H2,(H,14,15). The summed E-state index contributed by atoms with van der Waals surface area (Å²) in [6.07, 6.45) is 6.73. The van der Waals surface area contributed by atoms with Crippen LogP contribution in [0, 0.1) is 0 Å². The number of hydrogen-bond acceptors (Lipinski definition) is 4. The number of para-hydroxylation sites is 2. The van der Waals surface area contributed by atoms with Crippen LogP contribution in [0.2, 0.25) is 0 Å². The number of nitrogens with zero attached hydrogens (tertiary/aromatic N) is 4. The van der Waals surface area contributed by atoms with Crippen molar-refractivity contribution in [3.05, 3.63) is 55.1 Å². The molecule has 0 amide bonds. The predicted molar refractivity (Wildman–Crippen MR) is 67.3 cm³/mol. The van der Waals surface area contributed by atoms with Crippen LogP contribution in [0.25, 0.3) is 5.69 Å². The van der Waals surface area contributed by atoms with Crippen molar-refractivity contribution in [2.45, 2.75) is 6.54 Å². The molecule has 0 radical (unpaired) electrons. The number of nitrogens with one attached hydrogen (secondary N) is 2. The monoisotopic (exact) mass is 240 g/mol. The molecule has 3 aromatic rings. The van der Waals surface area contributed by atoms with Gasteiger partial charge in [-0.1, -0.05) is 12.1 Å². The molecule has 0 unspecified atom stereocenters. The first-order valence-corrected chi connectivity index (χ1v) is 5.59. The zero-order valence-corrected chi connectivity index (χ0v) is 9.61. The molecule has 0 aliphatic carbocycles. The lowest BCUT2D eigenvalue weighted by atomic mass is 10.2. The molecule has 2 heterocycles. The zero-order valence-electron chi connectivity index (χ0n) is 9.61. The van der Waals surface area contributed by atoms with Gasteiger partial charge in [0.1, 0.15) is 18.5 Å². The molecule has 90 valence electrons. The lowest BCUT2D eigenvalue weighted by Crippen LogP contribution is -2.05. The Morgan fingerprint density at radius 1 is 1.28 bits per heavy atom. The molecule has 0 fully saturated rings. The summed E-state index contributed by atoms with van der Waals surface area (Å²) in [4.78, 5) is 11.2. The maximum Gasteiger partial charge on any atom is 0.138 e. The molecule has 6 heteroatoms. The summed E-state index contributed by atoms with van der Waals surface area (Å²) in [6, 6.07) is 7.93. The fraction of sp³-hybridized carbons (Fsp3) is 0.0833. The number of anilines is 1. The lowest BCUT2D eigenvalue weighted by Gasteiger charge is -2.10. The predicted octanol–water partition coefficient (Wildman–Crippen LogP) is 1.60. The number of rotatable bonds is 4. The van der Waals surface area contributed by atoms with Crippen LogP contribution in [-0.2, 0) is 6.54 Å². The summed E-state index contributed by atoms with van der Waals surface area (Å²) in [5.74, 6) is 0.892. The van der Waals surface area contributed by atoms with Crippen molar-refractivity contribution in [3.8, 4) is 5.69 Å². The Labute approximate surface area is 104 Å². The van der Waals surface area contributed by atoms with Gasteiger partial charge in [-0.15, -0.1) is 0 Å². The van der Waals surface area contributed by atoms with E-state index in [1.807, 2.05) is 24.3 Å². The summed E-state index contributed by atoms with van der Waals surface area (Å²) in [5, 5.41) is 7.46. The summed E-state index contributed by atoms with van der Waals surface area (Å²) in [6.45, 7) is 0.638. The SMILES string of the molecule is c1ccc(-n2cncn2)c(NCc2ncc[nH]2)c1. The van der Waals surface area contributed by atoms with Gasteiger partial charge in [0.25, 0.3) is 0 Å². The first-order valence-electron chi connectivity index (χ1n) is 5.59. The molecule has 6 nitrogen and oxygen atoms in total. The van der Waals surface area contributed by atoms with Crippen LogP contribution in [0.5, 0.6) is 0 Å². The van der Waals surface area contributed by atoms with E-state index in [2.05, 4.69) is 25.4 Å². The molecule has 0 aliphatic heterocycles. The molecule has 0 spiro atoms. The Morgan fingerprint density at radius 2 is 2.22 bits per heavy atom. The van der Waals surface area contributed by atoms with Crippen molar-refractivity contribution >= 4 is 5.69 Å². The van der Waals surface area contributed by atoms with Gasteiger partial charge in [0.15, 0.2) is 0 Å². The van der Waals surface area contributed by atoms with Crippen molar-refractivity contribution < 1.29 is 0 Å². The van der Waals surface area contributed by atoms with Crippen LogP contribution < -0.4 is 5.32 Å². The van der Waals surface area contributed by atoms with Gasteiger partial charge in [0.2, 0.25) is 0 Å². The minimum atomic E-state index is 0.638. The molecule has 0 saturated heterocycles. The van der Waals surface area contributed by atoms with Crippen LogP contribution in [0.4, 0.5) is 5.69 Å². The molecule has 0 atom stereocenters. The summed E-state index contributed by atoms with van der Waals surface area (Å²) < 4.78 is 1.73. The summed E-state index contributed by atoms with van der Waals surface area (Å²) in [7, 11) is 0. The first-order chi connectivity index (χ1) is 8.93. The van der Waals surface area contributed by atoms with Gasteiger partial charge in [-0.3, -0.25) is 0 Å². The second kappa shape index (κ2) is 4.70. The van der Waals surface area contributed by atoms with Crippen molar-refractivity contribution in [1.82, 2.24) is 24.7 Å². The molecule has 1 aromatic carbocycles. The van der Waals surface area contributed by atoms with Gasteiger partial charge in [0, 0.05) is 12.4 Å². The number of hydrogen-bond donors (Lipinski definition) is 2. The molecule has 3 rings (SSSR count). The highest BCUT2D eigenvalue weighted by molar-refractivity contribution is 5.60. The fourth-order valence-corrected chi connectivity index (χ4v) is 1.73. The Kier molecular flexibility index (Phi) is 2.75. The first kappa shape index (κ1) is 10.5. The topological polar surface area (TPSA) is 71.4 Å². The average Bonchev–Trinajstić information content (AvgIpc) is 3.10. The molecule has 0 saturated carbocycles. The van der Waals surface area contributed by atoms with E-state index in [9.17, 15) is 0 Å². The van der Waals surface area contributed by atoms with E-state index in [1.165, 1.54) is 6.33 Å². The van der Waals surface area contributed by atoms with Crippen molar-refractivity contribution in [2.75, 3.05) is 5.32 Å². The van der Waals surface area contributed by atoms with E-state index in [-0.39, 0.29) is 0 Å². The van der Waals surface area contributed by atoms with Crippen LogP contribution in [0.1, 0.15) is 5.82 Å². The third kappa shape index (κ3) is 2.08. The third-order valence-corrected chi connectivity index (χ3v) is 2.57. The Morgan fingerprint density at radius 3 is 3.00 bits per heavy atom. The second-order valence-electron chi connectivity index (χ2n) is 3.75. The Balaban J connectivity index is 1.84. The quantitative estimate of drug-likeness (QED) is 0.726. The van der Waals surface area contributed by atoms with E-state index in [4.69, 9.17) is 0 Å². The van der Waals surface area contributed by atoms with Crippen LogP contribution in [0.15, 0.2) is 49.3 Å². The highest BCUT2D eigenvalue weighted by Crippen LogP contribution is 2.18. The normalized spacial score (nSPS) is 10.4. The summed E-state index contributed by atoms with van der Waals surface area (Å²) >= 11 is 0. The summed E-state index contributed by atoms with van der Waals surface area (Å²) in [5.41, 5.74) is 1.95. The van der Waals surface area contributed by atoms with Crippen LogP contribution in [0.3, 0.4) is 0 Å². The van der Waals surface area contributed by atoms with Crippen LogP contribution >= 0.6 is 0 Å². The highest BCUT2D eigenvalue weighted by atomic mass is 15.3. The maximum absolute atomic E-state index is 4.17. The van der Waals surface area contributed by atoms with Crippen molar-refractivity contribution in [1.29, 1.82) is 0 Å².